The third-order valence-electron chi connectivity index (χ3n) is 1.35. The van der Waals surface area contributed by atoms with Gasteiger partial charge in [0.1, 0.15) is 0 Å². The van der Waals surface area contributed by atoms with E-state index < -0.39 is 0 Å². The van der Waals surface area contributed by atoms with Gasteiger partial charge in [0, 0.05) is 5.75 Å². The average Bonchev–Trinajstić information content (AvgIpc) is 1.88. The van der Waals surface area contributed by atoms with Gasteiger partial charge in [-0.2, -0.15) is 0 Å². The normalized spacial score (nSPS) is 26.9. The number of hydrogen-bond donors (Lipinski definition) is 0. The Labute approximate surface area is 71.8 Å². The van der Waals surface area contributed by atoms with E-state index in [0.29, 0.717) is 5.41 Å². The summed E-state index contributed by atoms with van der Waals surface area (Å²) in [6.07, 6.45) is 2.23. The molecule has 0 nitrogen and oxygen atoms in total. The molecule has 58 valence electrons. The van der Waals surface area contributed by atoms with Crippen LogP contribution in [0.1, 0.15) is 20.8 Å². The highest BCUT2D eigenvalue weighted by Crippen LogP contribution is 2.41. The summed E-state index contributed by atoms with van der Waals surface area (Å²) in [6.45, 7) is 6.91. The summed E-state index contributed by atoms with van der Waals surface area (Å²) in [5.74, 6) is 1.19. The van der Waals surface area contributed by atoms with Gasteiger partial charge >= 0.3 is 0 Å². The van der Waals surface area contributed by atoms with Gasteiger partial charge in [-0.15, -0.1) is 23.5 Å². The van der Waals surface area contributed by atoms with Crippen LogP contribution in [0, 0.1) is 5.41 Å². The van der Waals surface area contributed by atoms with Crippen molar-refractivity contribution in [3.63, 3.8) is 0 Å². The maximum absolute atomic E-state index is 2.30. The first-order valence-corrected chi connectivity index (χ1v) is 5.52. The lowest BCUT2D eigenvalue weighted by molar-refractivity contribution is 0.460. The molecule has 0 spiro atoms. The van der Waals surface area contributed by atoms with E-state index in [0.717, 1.165) is 4.58 Å². The fourth-order valence-electron chi connectivity index (χ4n) is 0.803. The van der Waals surface area contributed by atoms with Crippen LogP contribution in [0.2, 0.25) is 0 Å². The first kappa shape index (κ1) is 8.54. The Kier molecular flexibility index (Phi) is 2.75. The lowest BCUT2D eigenvalue weighted by Crippen LogP contribution is -2.20. The van der Waals surface area contributed by atoms with Gasteiger partial charge in [0.25, 0.3) is 0 Å². The fraction of sp³-hybridized carbons (Fsp3) is 0.750. The van der Waals surface area contributed by atoms with Crippen molar-refractivity contribution >= 4 is 23.5 Å². The first-order valence-electron chi connectivity index (χ1n) is 3.53. The highest BCUT2D eigenvalue weighted by molar-refractivity contribution is 8.19. The van der Waals surface area contributed by atoms with Crippen LogP contribution in [0.25, 0.3) is 0 Å². The number of rotatable bonds is 0. The predicted molar refractivity (Wildman–Crippen MR) is 52.4 cm³/mol. The molecule has 10 heavy (non-hydrogen) atoms. The second-order valence-corrected chi connectivity index (χ2v) is 5.99. The molecule has 0 saturated carbocycles. The quantitative estimate of drug-likeness (QED) is 0.552. The van der Waals surface area contributed by atoms with E-state index in [1.807, 2.05) is 23.5 Å². The second kappa shape index (κ2) is 3.22. The molecule has 0 bridgehead atoms. The Balaban J connectivity index is 2.49. The molecule has 1 aliphatic rings. The van der Waals surface area contributed by atoms with Crippen molar-refractivity contribution < 1.29 is 0 Å². The summed E-state index contributed by atoms with van der Waals surface area (Å²) in [6, 6.07) is 0. The van der Waals surface area contributed by atoms with E-state index in [-0.39, 0.29) is 0 Å². The Bertz CT molecular complexity index is 133. The summed E-state index contributed by atoms with van der Waals surface area (Å²) in [5.41, 5.74) is 0.445. The smallest absolute Gasteiger partial charge is 0.0594 e. The fourth-order valence-corrected chi connectivity index (χ4v) is 3.31. The molecule has 0 N–H and O–H groups in total. The Hall–Kier alpha value is 0.440. The molecule has 0 aromatic carbocycles. The predicted octanol–water partition coefficient (Wildman–Crippen LogP) is 3.35. The van der Waals surface area contributed by atoms with Crippen molar-refractivity contribution in [1.29, 1.82) is 0 Å². The first-order chi connectivity index (χ1) is 4.61. The van der Waals surface area contributed by atoms with Crippen LogP contribution in [-0.2, 0) is 0 Å². The van der Waals surface area contributed by atoms with E-state index in [9.17, 15) is 0 Å². The van der Waals surface area contributed by atoms with Gasteiger partial charge in [0.05, 0.1) is 4.58 Å². The molecule has 1 atom stereocenters. The van der Waals surface area contributed by atoms with Crippen molar-refractivity contribution in [2.75, 3.05) is 5.75 Å². The van der Waals surface area contributed by atoms with Crippen LogP contribution in [0.15, 0.2) is 11.5 Å². The molecule has 0 saturated heterocycles. The molecule has 2 heteroatoms. The Morgan fingerprint density at radius 3 is 2.40 bits per heavy atom. The van der Waals surface area contributed by atoms with Crippen molar-refractivity contribution in [1.82, 2.24) is 0 Å². The molecule has 0 aromatic rings. The molecule has 0 fully saturated rings. The molecule has 0 aromatic heterocycles. The molecule has 0 aliphatic carbocycles. The average molecular weight is 174 g/mol. The van der Waals surface area contributed by atoms with Crippen molar-refractivity contribution in [3.05, 3.63) is 11.5 Å². The zero-order chi connectivity index (χ0) is 7.61. The zero-order valence-corrected chi connectivity index (χ0v) is 8.39. The summed E-state index contributed by atoms with van der Waals surface area (Å²) >= 11 is 4.00. The highest BCUT2D eigenvalue weighted by atomic mass is 32.2. The van der Waals surface area contributed by atoms with Gasteiger partial charge in [0.2, 0.25) is 0 Å². The molecule has 1 unspecified atom stereocenters. The summed E-state index contributed by atoms with van der Waals surface area (Å²) in [4.78, 5) is 0. The van der Waals surface area contributed by atoms with Gasteiger partial charge in [0.15, 0.2) is 0 Å². The van der Waals surface area contributed by atoms with Crippen molar-refractivity contribution in [3.8, 4) is 0 Å². The number of thioether (sulfide) groups is 2. The Morgan fingerprint density at radius 1 is 1.40 bits per heavy atom. The highest BCUT2D eigenvalue weighted by Gasteiger charge is 2.25. The summed E-state index contributed by atoms with van der Waals surface area (Å²) in [7, 11) is 0. The topological polar surface area (TPSA) is 0 Å². The standard InChI is InChI=1S/C8H14S2/c1-8(2,3)7-9-5-4-6-10-7/h4-5,7H,6H2,1-3H3. The minimum atomic E-state index is 0.445. The minimum absolute atomic E-state index is 0.445. The molecule has 0 radical (unpaired) electrons. The van der Waals surface area contributed by atoms with E-state index in [1.54, 1.807) is 0 Å². The molecule has 1 rings (SSSR count). The van der Waals surface area contributed by atoms with E-state index in [4.69, 9.17) is 0 Å². The van der Waals surface area contributed by atoms with Crippen LogP contribution in [0.5, 0.6) is 0 Å². The second-order valence-electron chi connectivity index (χ2n) is 3.54. The van der Waals surface area contributed by atoms with E-state index >= 15 is 0 Å². The lowest BCUT2D eigenvalue weighted by atomic mass is 10.0. The third-order valence-corrected chi connectivity index (χ3v) is 4.79. The van der Waals surface area contributed by atoms with Crippen LogP contribution in [0.3, 0.4) is 0 Å². The zero-order valence-electron chi connectivity index (χ0n) is 6.76. The molecule has 1 aliphatic heterocycles. The minimum Gasteiger partial charge on any atom is -0.143 e. The molecule has 0 amide bonds. The SMILES string of the molecule is CC(C)(C)C1SC=CCS1. The molecular formula is C8H14S2. The van der Waals surface area contributed by atoms with Crippen LogP contribution in [0.4, 0.5) is 0 Å². The van der Waals surface area contributed by atoms with Crippen molar-refractivity contribution in [2.24, 2.45) is 5.41 Å². The maximum Gasteiger partial charge on any atom is 0.0594 e. The number of hydrogen-bond acceptors (Lipinski definition) is 2. The van der Waals surface area contributed by atoms with Gasteiger partial charge < -0.3 is 0 Å². The van der Waals surface area contributed by atoms with Gasteiger partial charge in [-0.1, -0.05) is 26.8 Å². The van der Waals surface area contributed by atoms with Gasteiger partial charge in [-0.25, -0.2) is 0 Å². The van der Waals surface area contributed by atoms with E-state index in [1.165, 1.54) is 5.75 Å². The monoisotopic (exact) mass is 174 g/mol. The molecular weight excluding hydrogens is 160 g/mol. The van der Waals surface area contributed by atoms with Gasteiger partial charge in [-0.3, -0.25) is 0 Å². The molecule has 1 heterocycles. The summed E-state index contributed by atoms with van der Waals surface area (Å²) < 4.78 is 0.748. The third kappa shape index (κ3) is 2.24. The van der Waals surface area contributed by atoms with Gasteiger partial charge in [-0.05, 0) is 10.8 Å². The Morgan fingerprint density at radius 2 is 2.10 bits per heavy atom. The lowest BCUT2D eigenvalue weighted by Gasteiger charge is -2.29. The van der Waals surface area contributed by atoms with Crippen LogP contribution in [-0.4, -0.2) is 10.3 Å². The van der Waals surface area contributed by atoms with E-state index in [2.05, 4.69) is 32.3 Å². The summed E-state index contributed by atoms with van der Waals surface area (Å²) in [5, 5.41) is 2.23. The van der Waals surface area contributed by atoms with Crippen LogP contribution >= 0.6 is 23.5 Å². The van der Waals surface area contributed by atoms with Crippen molar-refractivity contribution in [2.45, 2.75) is 25.4 Å². The largest absolute Gasteiger partial charge is 0.143 e. The van der Waals surface area contributed by atoms with Crippen LogP contribution < -0.4 is 0 Å². The maximum atomic E-state index is 2.30.